The van der Waals surface area contributed by atoms with Gasteiger partial charge in [-0.25, -0.2) is 0 Å². The lowest BCUT2D eigenvalue weighted by molar-refractivity contribution is -0.143. The molecule has 0 radical (unpaired) electrons. The minimum Gasteiger partial charge on any atom is -0.480 e. The van der Waals surface area contributed by atoms with Crippen LogP contribution in [0.2, 0.25) is 0 Å². The number of benzene rings is 1. The molecule has 6 heteroatoms. The monoisotopic (exact) mass is 287 g/mol. The minimum atomic E-state index is -4.37. The summed E-state index contributed by atoms with van der Waals surface area (Å²) in [5, 5.41) is 9.24. The van der Waals surface area contributed by atoms with Crippen molar-refractivity contribution in [2.24, 2.45) is 0 Å². The molecular weight excluding hydrogens is 271 g/mol. The smallest absolute Gasteiger partial charge is 0.416 e. The predicted molar refractivity (Wildman–Crippen MR) is 67.4 cm³/mol. The van der Waals surface area contributed by atoms with Gasteiger partial charge in [-0.3, -0.25) is 9.69 Å². The minimum absolute atomic E-state index is 0.209. The summed E-state index contributed by atoms with van der Waals surface area (Å²) in [5.74, 6) is -0.945. The number of likely N-dealkylation sites (N-methyl/N-ethyl adjacent to an activating group) is 1. The maximum Gasteiger partial charge on any atom is 0.416 e. The van der Waals surface area contributed by atoms with Crippen molar-refractivity contribution in [3.63, 3.8) is 0 Å². The van der Waals surface area contributed by atoms with Crippen molar-refractivity contribution < 1.29 is 23.1 Å². The van der Waals surface area contributed by atoms with E-state index in [2.05, 4.69) is 0 Å². The van der Waals surface area contributed by atoms with Gasteiger partial charge >= 0.3 is 12.1 Å². The molecule has 20 heavy (non-hydrogen) atoms. The molecule has 2 rings (SSSR count). The molecule has 1 atom stereocenters. The first kappa shape index (κ1) is 14.8. The first-order valence-corrected chi connectivity index (χ1v) is 6.40. The van der Waals surface area contributed by atoms with Crippen LogP contribution >= 0.6 is 0 Å². The molecule has 0 spiro atoms. The Labute approximate surface area is 115 Å². The summed E-state index contributed by atoms with van der Waals surface area (Å²) in [6.45, 7) is 0. The first-order chi connectivity index (χ1) is 9.29. The van der Waals surface area contributed by atoms with Gasteiger partial charge < -0.3 is 5.11 Å². The van der Waals surface area contributed by atoms with Crippen LogP contribution in [0.3, 0.4) is 0 Å². The van der Waals surface area contributed by atoms with Crippen LogP contribution in [0.5, 0.6) is 0 Å². The lowest BCUT2D eigenvalue weighted by atomic mass is 10.0. The van der Waals surface area contributed by atoms with Crippen molar-refractivity contribution in [3.05, 3.63) is 35.4 Å². The molecule has 110 valence electrons. The summed E-state index contributed by atoms with van der Waals surface area (Å²) in [6, 6.07) is 4.26. The summed E-state index contributed by atoms with van der Waals surface area (Å²) in [5.41, 5.74) is -0.124. The van der Waals surface area contributed by atoms with Gasteiger partial charge in [0.2, 0.25) is 0 Å². The number of rotatable bonds is 5. The van der Waals surface area contributed by atoms with E-state index in [-0.39, 0.29) is 12.5 Å². The van der Waals surface area contributed by atoms with Crippen LogP contribution in [0, 0.1) is 0 Å². The summed E-state index contributed by atoms with van der Waals surface area (Å²) in [6.07, 6.45) is -2.20. The topological polar surface area (TPSA) is 40.5 Å². The van der Waals surface area contributed by atoms with E-state index in [4.69, 9.17) is 0 Å². The molecule has 0 bridgehead atoms. The second-order valence-corrected chi connectivity index (χ2v) is 5.15. The van der Waals surface area contributed by atoms with Crippen molar-refractivity contribution in [1.82, 2.24) is 4.90 Å². The van der Waals surface area contributed by atoms with Gasteiger partial charge in [0.1, 0.15) is 6.04 Å². The van der Waals surface area contributed by atoms with Gasteiger partial charge in [-0.2, -0.15) is 13.2 Å². The molecule has 1 aromatic carbocycles. The van der Waals surface area contributed by atoms with Gasteiger partial charge in [0, 0.05) is 6.04 Å². The average molecular weight is 287 g/mol. The van der Waals surface area contributed by atoms with Crippen LogP contribution in [0.4, 0.5) is 13.2 Å². The molecule has 0 aromatic heterocycles. The highest BCUT2D eigenvalue weighted by Gasteiger charge is 2.35. The van der Waals surface area contributed by atoms with Crippen molar-refractivity contribution in [3.8, 4) is 0 Å². The SMILES string of the molecule is CN(C1CC1)[C@@H](Cc1ccc(C(F)(F)F)cc1)C(=O)O. The van der Waals surface area contributed by atoms with Crippen molar-refractivity contribution in [2.75, 3.05) is 7.05 Å². The number of carbonyl (C=O) groups is 1. The van der Waals surface area contributed by atoms with Gasteiger partial charge in [0.25, 0.3) is 0 Å². The lowest BCUT2D eigenvalue weighted by Crippen LogP contribution is -2.41. The van der Waals surface area contributed by atoms with Crippen LogP contribution < -0.4 is 0 Å². The Hall–Kier alpha value is -1.56. The van der Waals surface area contributed by atoms with E-state index >= 15 is 0 Å². The Morgan fingerprint density at radius 2 is 1.90 bits per heavy atom. The number of halogens is 3. The number of alkyl halides is 3. The fraction of sp³-hybridized carbons (Fsp3) is 0.500. The van der Waals surface area contributed by atoms with Gasteiger partial charge in [-0.05, 0) is 44.0 Å². The molecule has 1 N–H and O–H groups in total. The standard InChI is InChI=1S/C14H16F3NO2/c1-18(11-6-7-11)12(13(19)20)8-9-2-4-10(5-3-9)14(15,16)17/h2-5,11-12H,6-8H2,1H3,(H,19,20)/t12-/m0/s1. The second kappa shape index (κ2) is 5.44. The summed E-state index contributed by atoms with van der Waals surface area (Å²) in [7, 11) is 1.75. The molecule has 1 aliphatic rings. The molecule has 0 saturated heterocycles. The zero-order valence-electron chi connectivity index (χ0n) is 11.0. The maximum absolute atomic E-state index is 12.5. The van der Waals surface area contributed by atoms with E-state index < -0.39 is 23.8 Å². The number of carboxylic acid groups (broad SMARTS) is 1. The van der Waals surface area contributed by atoms with Crippen molar-refractivity contribution >= 4 is 5.97 Å². The van der Waals surface area contributed by atoms with Crippen LogP contribution in [0.1, 0.15) is 24.0 Å². The highest BCUT2D eigenvalue weighted by molar-refractivity contribution is 5.74. The molecular formula is C14H16F3NO2. The molecule has 1 saturated carbocycles. The summed E-state index contributed by atoms with van der Waals surface area (Å²) < 4.78 is 37.4. The molecule has 0 amide bonds. The number of carboxylic acids is 1. The summed E-state index contributed by atoms with van der Waals surface area (Å²) >= 11 is 0. The molecule has 0 heterocycles. The highest BCUT2D eigenvalue weighted by Crippen LogP contribution is 2.30. The van der Waals surface area contributed by atoms with E-state index in [1.165, 1.54) is 12.1 Å². The zero-order valence-corrected chi connectivity index (χ0v) is 11.0. The average Bonchev–Trinajstić information content (AvgIpc) is 3.18. The van der Waals surface area contributed by atoms with Gasteiger partial charge in [-0.15, -0.1) is 0 Å². The van der Waals surface area contributed by atoms with Crippen LogP contribution in [0.15, 0.2) is 24.3 Å². The summed E-state index contributed by atoms with van der Waals surface area (Å²) in [4.78, 5) is 13.1. The Balaban J connectivity index is 2.08. The Bertz CT molecular complexity index is 480. The maximum atomic E-state index is 12.5. The fourth-order valence-electron chi connectivity index (χ4n) is 2.19. The number of aliphatic carboxylic acids is 1. The molecule has 1 aromatic rings. The van der Waals surface area contributed by atoms with E-state index in [1.54, 1.807) is 11.9 Å². The third-order valence-electron chi connectivity index (χ3n) is 3.61. The largest absolute Gasteiger partial charge is 0.480 e. The van der Waals surface area contributed by atoms with Gasteiger partial charge in [0.15, 0.2) is 0 Å². The Morgan fingerprint density at radius 1 is 1.35 bits per heavy atom. The molecule has 0 aliphatic heterocycles. The normalized spacial score (nSPS) is 17.2. The van der Waals surface area contributed by atoms with Gasteiger partial charge in [0.05, 0.1) is 5.56 Å². The van der Waals surface area contributed by atoms with E-state index in [1.807, 2.05) is 0 Å². The zero-order chi connectivity index (χ0) is 14.9. The number of hydrogen-bond donors (Lipinski definition) is 1. The quantitative estimate of drug-likeness (QED) is 0.905. The molecule has 3 nitrogen and oxygen atoms in total. The molecule has 1 aliphatic carbocycles. The van der Waals surface area contributed by atoms with Gasteiger partial charge in [-0.1, -0.05) is 12.1 Å². The van der Waals surface area contributed by atoms with Crippen LogP contribution in [-0.2, 0) is 17.4 Å². The van der Waals surface area contributed by atoms with E-state index in [0.717, 1.165) is 25.0 Å². The fourth-order valence-corrected chi connectivity index (χ4v) is 2.19. The second-order valence-electron chi connectivity index (χ2n) is 5.15. The van der Waals surface area contributed by atoms with E-state index in [0.29, 0.717) is 5.56 Å². The number of nitrogens with zero attached hydrogens (tertiary/aromatic N) is 1. The van der Waals surface area contributed by atoms with E-state index in [9.17, 15) is 23.1 Å². The predicted octanol–water partition coefficient (Wildman–Crippen LogP) is 2.80. The number of hydrogen-bond acceptors (Lipinski definition) is 2. The Kier molecular flexibility index (Phi) is 4.04. The van der Waals surface area contributed by atoms with Crippen molar-refractivity contribution in [1.29, 1.82) is 0 Å². The van der Waals surface area contributed by atoms with Crippen LogP contribution in [-0.4, -0.2) is 35.1 Å². The first-order valence-electron chi connectivity index (χ1n) is 6.40. The highest BCUT2D eigenvalue weighted by atomic mass is 19.4. The molecule has 1 fully saturated rings. The van der Waals surface area contributed by atoms with Crippen LogP contribution in [0.25, 0.3) is 0 Å². The third-order valence-corrected chi connectivity index (χ3v) is 3.61. The third kappa shape index (κ3) is 3.50. The molecule has 0 unspecified atom stereocenters. The Morgan fingerprint density at radius 3 is 2.30 bits per heavy atom. The lowest BCUT2D eigenvalue weighted by Gasteiger charge is -2.24. The van der Waals surface area contributed by atoms with Crippen molar-refractivity contribution in [2.45, 2.75) is 37.5 Å².